The summed E-state index contributed by atoms with van der Waals surface area (Å²) in [6, 6.07) is 0. The van der Waals surface area contributed by atoms with Gasteiger partial charge < -0.3 is 14.6 Å². The zero-order valence-electron chi connectivity index (χ0n) is 12.0. The van der Waals surface area contributed by atoms with E-state index in [2.05, 4.69) is 9.97 Å². The summed E-state index contributed by atoms with van der Waals surface area (Å²) in [6.07, 6.45) is 5.39. The van der Waals surface area contributed by atoms with Crippen molar-refractivity contribution in [3.05, 3.63) is 34.5 Å². The summed E-state index contributed by atoms with van der Waals surface area (Å²) in [7, 11) is 0. The number of rotatable bonds is 3. The molecular formula is C14H18N2O4S. The molecule has 1 aliphatic rings. The number of carbonyl (C=O) groups is 1. The van der Waals surface area contributed by atoms with Gasteiger partial charge in [-0.1, -0.05) is 0 Å². The van der Waals surface area contributed by atoms with Gasteiger partial charge in [0.15, 0.2) is 0 Å². The molecule has 2 atom stereocenters. The van der Waals surface area contributed by atoms with Crippen molar-refractivity contribution in [2.75, 3.05) is 6.61 Å². The number of carbonyl (C=O) groups excluding carboxylic acids is 1. The minimum absolute atomic E-state index is 0.150. The van der Waals surface area contributed by atoms with Crippen LogP contribution in [0.15, 0.2) is 24.1 Å². The van der Waals surface area contributed by atoms with Crippen LogP contribution in [0.4, 0.5) is 0 Å². The maximum atomic E-state index is 10.8. The van der Waals surface area contributed by atoms with Crippen molar-refractivity contribution in [2.45, 2.75) is 38.6 Å². The minimum Gasteiger partial charge on any atom is -0.463 e. The molecule has 1 fully saturated rings. The van der Waals surface area contributed by atoms with Crippen molar-refractivity contribution in [1.29, 1.82) is 0 Å². The lowest BCUT2D eigenvalue weighted by Crippen LogP contribution is -2.27. The molecule has 114 valence electrons. The third-order valence-electron chi connectivity index (χ3n) is 3.00. The van der Waals surface area contributed by atoms with E-state index in [-0.39, 0.29) is 18.7 Å². The SMILES string of the molecule is CC(=O)OCC1CCC(O)(c2cncncc(C)cs2)O1. The molecule has 2 heterocycles. The molecule has 0 saturated carbocycles. The summed E-state index contributed by atoms with van der Waals surface area (Å²) in [4.78, 5) is 19.4. The summed E-state index contributed by atoms with van der Waals surface area (Å²) in [5, 5.41) is 12.5. The Morgan fingerprint density at radius 3 is 3.10 bits per heavy atom. The largest absolute Gasteiger partial charge is 0.463 e. The first-order valence-electron chi connectivity index (χ1n) is 6.62. The van der Waals surface area contributed by atoms with Crippen LogP contribution in [-0.2, 0) is 20.1 Å². The second kappa shape index (κ2) is 6.93. The molecule has 2 unspecified atom stereocenters. The van der Waals surface area contributed by atoms with Gasteiger partial charge in [0.2, 0.25) is 5.79 Å². The van der Waals surface area contributed by atoms with Gasteiger partial charge in [-0.05, 0) is 24.3 Å². The molecule has 0 spiro atoms. The normalized spacial score (nSPS) is 24.4. The van der Waals surface area contributed by atoms with Gasteiger partial charge in [-0.3, -0.25) is 4.79 Å². The van der Waals surface area contributed by atoms with Gasteiger partial charge in [-0.2, -0.15) is 0 Å². The van der Waals surface area contributed by atoms with Crippen molar-refractivity contribution < 1.29 is 19.4 Å². The van der Waals surface area contributed by atoms with E-state index in [4.69, 9.17) is 9.47 Å². The number of hydrogen-bond acceptors (Lipinski definition) is 7. The number of aromatic nitrogens is 2. The highest BCUT2D eigenvalue weighted by atomic mass is 32.1. The highest BCUT2D eigenvalue weighted by Gasteiger charge is 2.41. The fourth-order valence-electron chi connectivity index (χ4n) is 1.96. The molecule has 21 heavy (non-hydrogen) atoms. The second-order valence-corrected chi connectivity index (χ2v) is 5.79. The van der Waals surface area contributed by atoms with Crippen LogP contribution in [0.3, 0.4) is 0 Å². The van der Waals surface area contributed by atoms with Crippen LogP contribution in [0.2, 0.25) is 0 Å². The fraction of sp³-hybridized carbons (Fsp3) is 0.500. The molecular weight excluding hydrogens is 292 g/mol. The second-order valence-electron chi connectivity index (χ2n) is 4.88. The predicted octanol–water partition coefficient (Wildman–Crippen LogP) is 1.86. The molecule has 0 aromatic carbocycles. The van der Waals surface area contributed by atoms with Gasteiger partial charge in [0, 0.05) is 25.7 Å². The van der Waals surface area contributed by atoms with E-state index >= 15 is 0 Å². The Morgan fingerprint density at radius 2 is 2.33 bits per heavy atom. The van der Waals surface area contributed by atoms with Gasteiger partial charge in [0.05, 0.1) is 11.0 Å². The number of ether oxygens (including phenoxy) is 2. The average Bonchev–Trinajstić information content (AvgIpc) is 2.85. The fourth-order valence-corrected chi connectivity index (χ4v) is 2.79. The van der Waals surface area contributed by atoms with E-state index in [9.17, 15) is 9.90 Å². The smallest absolute Gasteiger partial charge is 0.302 e. The zero-order valence-corrected chi connectivity index (χ0v) is 12.8. The first-order chi connectivity index (χ1) is 9.99. The molecule has 0 radical (unpaired) electrons. The number of aliphatic hydroxyl groups is 1. The van der Waals surface area contributed by atoms with Crippen LogP contribution < -0.4 is 0 Å². The lowest BCUT2D eigenvalue weighted by Gasteiger charge is -2.22. The van der Waals surface area contributed by atoms with E-state index in [0.29, 0.717) is 17.7 Å². The van der Waals surface area contributed by atoms with Crippen molar-refractivity contribution in [3.8, 4) is 0 Å². The monoisotopic (exact) mass is 310 g/mol. The highest BCUT2D eigenvalue weighted by molar-refractivity contribution is 7.09. The summed E-state index contributed by atoms with van der Waals surface area (Å²) < 4.78 is 10.6. The Hall–Kier alpha value is -1.57. The Labute approximate surface area is 127 Å². The first kappa shape index (κ1) is 15.8. The maximum absolute atomic E-state index is 10.8. The Kier molecular flexibility index (Phi) is 5.22. The quantitative estimate of drug-likeness (QED) is 0.858. The Morgan fingerprint density at radius 1 is 1.57 bits per heavy atom. The molecule has 6 nitrogen and oxygen atoms in total. The summed E-state index contributed by atoms with van der Waals surface area (Å²) in [5.41, 5.74) is 0.956. The molecule has 1 aromatic heterocycles. The Balaban J connectivity index is 2.18. The summed E-state index contributed by atoms with van der Waals surface area (Å²) in [5.74, 6) is -1.75. The van der Waals surface area contributed by atoms with Crippen LogP contribution in [0, 0.1) is 6.92 Å². The molecule has 1 saturated heterocycles. The predicted molar refractivity (Wildman–Crippen MR) is 76.9 cm³/mol. The number of hydrogen-bond donors (Lipinski definition) is 1. The van der Waals surface area contributed by atoms with E-state index in [1.807, 2.05) is 12.3 Å². The van der Waals surface area contributed by atoms with Crippen LogP contribution in [0.1, 0.15) is 30.2 Å². The van der Waals surface area contributed by atoms with Gasteiger partial charge in [0.25, 0.3) is 0 Å². The molecule has 7 heteroatoms. The topological polar surface area (TPSA) is 81.5 Å². The van der Waals surface area contributed by atoms with Crippen LogP contribution in [0.5, 0.6) is 0 Å². The van der Waals surface area contributed by atoms with E-state index in [0.717, 1.165) is 5.56 Å². The van der Waals surface area contributed by atoms with Gasteiger partial charge in [-0.15, -0.1) is 11.3 Å². The third-order valence-corrected chi connectivity index (χ3v) is 4.17. The molecule has 0 aliphatic carbocycles. The van der Waals surface area contributed by atoms with Crippen LogP contribution >= 0.6 is 11.3 Å². The number of aryl methyl sites for hydroxylation is 1. The Bertz CT molecular complexity index is 562. The molecule has 0 bridgehead atoms. The van der Waals surface area contributed by atoms with Gasteiger partial charge in [0.1, 0.15) is 12.9 Å². The van der Waals surface area contributed by atoms with E-state index in [1.54, 1.807) is 12.4 Å². The molecule has 1 N–H and O–H groups in total. The van der Waals surface area contributed by atoms with Crippen molar-refractivity contribution in [2.24, 2.45) is 0 Å². The average molecular weight is 310 g/mol. The maximum Gasteiger partial charge on any atom is 0.302 e. The third kappa shape index (κ3) is 4.45. The summed E-state index contributed by atoms with van der Waals surface area (Å²) >= 11 is 1.35. The lowest BCUT2D eigenvalue weighted by molar-refractivity contribution is -0.206. The van der Waals surface area contributed by atoms with E-state index < -0.39 is 5.79 Å². The number of nitrogens with zero attached hydrogens (tertiary/aromatic N) is 2. The van der Waals surface area contributed by atoms with Gasteiger partial charge in [-0.25, -0.2) is 9.97 Å². The lowest BCUT2D eigenvalue weighted by atomic mass is 10.1. The van der Waals surface area contributed by atoms with Crippen molar-refractivity contribution >= 4 is 17.3 Å². The molecule has 1 aromatic rings. The summed E-state index contributed by atoms with van der Waals surface area (Å²) in [6.45, 7) is 3.41. The van der Waals surface area contributed by atoms with Crippen LogP contribution in [0.25, 0.3) is 0 Å². The first-order valence-corrected chi connectivity index (χ1v) is 7.50. The minimum atomic E-state index is -1.39. The zero-order chi connectivity index (χ0) is 15.3. The highest BCUT2D eigenvalue weighted by Crippen LogP contribution is 2.38. The van der Waals surface area contributed by atoms with E-state index in [1.165, 1.54) is 24.6 Å². The number of esters is 1. The standard InChI is InChI=1S/C14H18N2O4S/c1-10-5-15-9-16-6-13(21-8-10)14(18)4-3-12(20-14)7-19-11(2)17/h5-6,8-9,12,18H,3-4,7H2,1-2H3. The van der Waals surface area contributed by atoms with Crippen molar-refractivity contribution in [3.63, 3.8) is 0 Å². The molecule has 1 aliphatic heterocycles. The molecule has 0 amide bonds. The molecule has 2 rings (SSSR count). The van der Waals surface area contributed by atoms with Crippen molar-refractivity contribution in [1.82, 2.24) is 9.97 Å². The van der Waals surface area contributed by atoms with Crippen LogP contribution in [-0.4, -0.2) is 33.8 Å². The van der Waals surface area contributed by atoms with Gasteiger partial charge >= 0.3 is 5.97 Å².